The van der Waals surface area contributed by atoms with Crippen molar-refractivity contribution in [3.63, 3.8) is 0 Å². The highest BCUT2D eigenvalue weighted by Gasteiger charge is 2.33. The number of halogens is 1. The summed E-state index contributed by atoms with van der Waals surface area (Å²) in [5, 5.41) is 3.52. The largest absolute Gasteiger partial charge is 0.497 e. The Morgan fingerprint density at radius 3 is 2.33 bits per heavy atom. The molecule has 4 rings (SSSR count). The number of rotatable bonds is 11. The van der Waals surface area contributed by atoms with Gasteiger partial charge in [0.05, 0.1) is 17.7 Å². The van der Waals surface area contributed by atoms with E-state index in [9.17, 15) is 18.0 Å². The van der Waals surface area contributed by atoms with Gasteiger partial charge in [-0.15, -0.1) is 0 Å². The van der Waals surface area contributed by atoms with Crippen molar-refractivity contribution in [3.8, 4) is 5.75 Å². The lowest BCUT2D eigenvalue weighted by atomic mass is 9.95. The van der Waals surface area contributed by atoms with E-state index < -0.39 is 28.5 Å². The van der Waals surface area contributed by atoms with Gasteiger partial charge in [-0.25, -0.2) is 8.42 Å². The predicted octanol–water partition coefficient (Wildman–Crippen LogP) is 6.03. The number of nitrogens with one attached hydrogen (secondary N) is 1. The van der Waals surface area contributed by atoms with Crippen LogP contribution in [-0.4, -0.2) is 50.9 Å². The lowest BCUT2D eigenvalue weighted by Gasteiger charge is -2.33. The first-order valence-corrected chi connectivity index (χ1v) is 16.4. The van der Waals surface area contributed by atoms with Crippen LogP contribution >= 0.6 is 11.6 Å². The van der Waals surface area contributed by atoms with Gasteiger partial charge in [0.2, 0.25) is 11.8 Å². The van der Waals surface area contributed by atoms with Crippen molar-refractivity contribution in [2.24, 2.45) is 0 Å². The second-order valence-corrected chi connectivity index (χ2v) is 13.4. The normalized spacial score (nSPS) is 14.5. The number of ether oxygens (including phenoxy) is 1. The highest BCUT2D eigenvalue weighted by Crippen LogP contribution is 2.28. The summed E-state index contributed by atoms with van der Waals surface area (Å²) in [4.78, 5) is 29.1. The second kappa shape index (κ2) is 14.3. The van der Waals surface area contributed by atoms with Crippen LogP contribution in [0.2, 0.25) is 5.02 Å². The Labute approximate surface area is 260 Å². The van der Waals surface area contributed by atoms with Crippen molar-refractivity contribution in [2.45, 2.75) is 76.4 Å². The number of benzene rings is 3. The molecule has 1 N–H and O–H groups in total. The summed E-state index contributed by atoms with van der Waals surface area (Å²) in [5.74, 6) is -0.155. The van der Waals surface area contributed by atoms with Crippen molar-refractivity contribution in [1.82, 2.24) is 10.2 Å². The number of carbonyl (C=O) groups is 2. The molecule has 0 spiro atoms. The Balaban J connectivity index is 1.70. The fraction of sp³-hybridized carbons (Fsp3) is 0.394. The number of carbonyl (C=O) groups excluding carboxylic acids is 2. The number of anilines is 1. The molecular formula is C33H40ClN3O5S. The molecule has 0 aliphatic heterocycles. The maximum Gasteiger partial charge on any atom is 0.264 e. The average Bonchev–Trinajstić information content (AvgIpc) is 3.00. The second-order valence-electron chi connectivity index (χ2n) is 11.1. The maximum absolute atomic E-state index is 14.2. The van der Waals surface area contributed by atoms with Crippen LogP contribution in [0.1, 0.15) is 55.7 Å². The third-order valence-electron chi connectivity index (χ3n) is 8.06. The van der Waals surface area contributed by atoms with E-state index >= 15 is 0 Å². The first-order valence-electron chi connectivity index (χ1n) is 14.6. The monoisotopic (exact) mass is 625 g/mol. The Morgan fingerprint density at radius 1 is 0.977 bits per heavy atom. The van der Waals surface area contributed by atoms with Gasteiger partial charge in [-0.1, -0.05) is 49.1 Å². The Bertz CT molecular complexity index is 1540. The molecule has 0 aromatic heterocycles. The first kappa shape index (κ1) is 32.4. The molecule has 1 unspecified atom stereocenters. The van der Waals surface area contributed by atoms with E-state index in [1.165, 1.54) is 29.2 Å². The van der Waals surface area contributed by atoms with Crippen LogP contribution in [-0.2, 0) is 26.2 Å². The van der Waals surface area contributed by atoms with Gasteiger partial charge >= 0.3 is 0 Å². The standard InChI is InChI=1S/C33H40ClN3O5S/c1-23-13-16-29(19-24(23)2)37(43(40,41)31-17-14-27(34)15-18-31)22-32(38)36(21-26-9-8-12-30(20-26)42-4)25(3)33(39)35-28-10-6-5-7-11-28/h8-9,12-20,25,28H,5-7,10-11,21-22H2,1-4H3,(H,35,39). The van der Waals surface area contributed by atoms with Gasteiger partial charge in [-0.05, 0) is 98.8 Å². The van der Waals surface area contributed by atoms with Gasteiger partial charge in [0.25, 0.3) is 10.0 Å². The molecule has 1 fully saturated rings. The third kappa shape index (κ3) is 8.09. The van der Waals surface area contributed by atoms with Crippen molar-refractivity contribution in [3.05, 3.63) is 88.4 Å². The molecule has 10 heteroatoms. The molecule has 0 bridgehead atoms. The Hall–Kier alpha value is -3.56. The van der Waals surface area contributed by atoms with Crippen molar-refractivity contribution < 1.29 is 22.7 Å². The zero-order valence-corrected chi connectivity index (χ0v) is 26.7. The number of hydrogen-bond acceptors (Lipinski definition) is 5. The zero-order chi connectivity index (χ0) is 31.1. The van der Waals surface area contributed by atoms with Gasteiger partial charge in [-0.2, -0.15) is 0 Å². The molecule has 3 aromatic rings. The summed E-state index contributed by atoms with van der Waals surface area (Å²) in [6.45, 7) is 5.10. The summed E-state index contributed by atoms with van der Waals surface area (Å²) < 4.78 is 34.5. The summed E-state index contributed by atoms with van der Waals surface area (Å²) in [6, 6.07) is 17.6. The van der Waals surface area contributed by atoms with E-state index in [4.69, 9.17) is 16.3 Å². The molecule has 230 valence electrons. The first-order chi connectivity index (χ1) is 20.5. The molecule has 0 heterocycles. The number of nitrogens with zero attached hydrogens (tertiary/aromatic N) is 2. The molecule has 0 saturated heterocycles. The number of hydrogen-bond donors (Lipinski definition) is 1. The van der Waals surface area contributed by atoms with E-state index in [1.807, 2.05) is 32.0 Å². The lowest BCUT2D eigenvalue weighted by molar-refractivity contribution is -0.139. The van der Waals surface area contributed by atoms with Gasteiger partial charge in [0.1, 0.15) is 18.3 Å². The molecule has 8 nitrogen and oxygen atoms in total. The van der Waals surface area contributed by atoms with Gasteiger partial charge in [0, 0.05) is 17.6 Å². The minimum atomic E-state index is -4.17. The van der Waals surface area contributed by atoms with E-state index in [1.54, 1.807) is 38.3 Å². The highest BCUT2D eigenvalue weighted by molar-refractivity contribution is 7.92. The number of aryl methyl sites for hydroxylation is 2. The fourth-order valence-corrected chi connectivity index (χ4v) is 6.79. The fourth-order valence-electron chi connectivity index (χ4n) is 5.26. The average molecular weight is 626 g/mol. The van der Waals surface area contributed by atoms with Crippen molar-refractivity contribution >= 4 is 39.1 Å². The number of methoxy groups -OCH3 is 1. The quantitative estimate of drug-likeness (QED) is 0.281. The van der Waals surface area contributed by atoms with E-state index in [0.717, 1.165) is 53.1 Å². The molecule has 0 radical (unpaired) electrons. The van der Waals surface area contributed by atoms with Gasteiger partial charge < -0.3 is 15.0 Å². The van der Waals surface area contributed by atoms with E-state index in [2.05, 4.69) is 5.32 Å². The van der Waals surface area contributed by atoms with Crippen LogP contribution in [0.4, 0.5) is 5.69 Å². The number of sulfonamides is 1. The smallest absolute Gasteiger partial charge is 0.264 e. The topological polar surface area (TPSA) is 96.0 Å². The van der Waals surface area contributed by atoms with Crippen LogP contribution in [0.25, 0.3) is 0 Å². The maximum atomic E-state index is 14.2. The third-order valence-corrected chi connectivity index (χ3v) is 10.1. The molecule has 43 heavy (non-hydrogen) atoms. The summed E-state index contributed by atoms with van der Waals surface area (Å²) in [7, 11) is -2.61. The van der Waals surface area contributed by atoms with Crippen LogP contribution in [0, 0.1) is 13.8 Å². The predicted molar refractivity (Wildman–Crippen MR) is 170 cm³/mol. The van der Waals surface area contributed by atoms with Gasteiger partial charge in [0.15, 0.2) is 0 Å². The summed E-state index contributed by atoms with van der Waals surface area (Å²) in [5.41, 5.74) is 2.98. The molecule has 3 aromatic carbocycles. The molecule has 1 atom stereocenters. The van der Waals surface area contributed by atoms with Crippen molar-refractivity contribution in [1.29, 1.82) is 0 Å². The SMILES string of the molecule is COc1cccc(CN(C(=O)CN(c2ccc(C)c(C)c2)S(=O)(=O)c2ccc(Cl)cc2)C(C)C(=O)NC2CCCCC2)c1. The minimum Gasteiger partial charge on any atom is -0.497 e. The van der Waals surface area contributed by atoms with E-state index in [0.29, 0.717) is 16.5 Å². The Morgan fingerprint density at radius 2 is 1.67 bits per heavy atom. The molecule has 1 aliphatic rings. The van der Waals surface area contributed by atoms with Crippen LogP contribution in [0.3, 0.4) is 0 Å². The zero-order valence-electron chi connectivity index (χ0n) is 25.2. The van der Waals surface area contributed by atoms with E-state index in [-0.39, 0.29) is 23.4 Å². The molecule has 1 aliphatic carbocycles. The summed E-state index contributed by atoms with van der Waals surface area (Å²) >= 11 is 6.04. The van der Waals surface area contributed by atoms with Crippen LogP contribution < -0.4 is 14.4 Å². The molecule has 1 saturated carbocycles. The minimum absolute atomic E-state index is 0.00497. The van der Waals surface area contributed by atoms with Crippen molar-refractivity contribution in [2.75, 3.05) is 18.0 Å². The van der Waals surface area contributed by atoms with Crippen LogP contribution in [0.15, 0.2) is 71.6 Å². The lowest BCUT2D eigenvalue weighted by Crippen LogP contribution is -2.53. The molecular weight excluding hydrogens is 586 g/mol. The van der Waals surface area contributed by atoms with Gasteiger partial charge in [-0.3, -0.25) is 13.9 Å². The Kier molecular flexibility index (Phi) is 10.7. The van der Waals surface area contributed by atoms with Crippen LogP contribution in [0.5, 0.6) is 5.75 Å². The highest BCUT2D eigenvalue weighted by atomic mass is 35.5. The summed E-state index contributed by atoms with van der Waals surface area (Å²) in [6.07, 6.45) is 5.07. The number of amides is 2. The molecule has 2 amide bonds.